The molecule has 8 heteroatoms. The SMILES string of the molecule is COC(=O)c1ccc(-c2ccc(C3C(c4ccccn4)NC(=S)N3c3ccc(Oc4ccccc4C)cc3)o2)cc1. The molecule has 3 aromatic carbocycles. The molecule has 5 aromatic rings. The third-order valence-corrected chi connectivity index (χ3v) is 7.36. The summed E-state index contributed by atoms with van der Waals surface area (Å²) in [5, 5.41) is 4.03. The van der Waals surface area contributed by atoms with Crippen LogP contribution < -0.4 is 15.0 Å². The number of rotatable bonds is 7. The van der Waals surface area contributed by atoms with Gasteiger partial charge in [0.15, 0.2) is 5.11 Å². The molecule has 0 saturated carbocycles. The maximum Gasteiger partial charge on any atom is 0.337 e. The maximum absolute atomic E-state index is 11.9. The second-order valence-corrected chi connectivity index (χ2v) is 10.0. The molecule has 2 unspecified atom stereocenters. The second-order valence-electron chi connectivity index (χ2n) is 9.63. The molecule has 1 N–H and O–H groups in total. The van der Waals surface area contributed by atoms with Crippen molar-refractivity contribution in [1.82, 2.24) is 10.3 Å². The number of methoxy groups -OCH3 is 1. The van der Waals surface area contributed by atoms with Crippen LogP contribution in [0.3, 0.4) is 0 Å². The van der Waals surface area contributed by atoms with Gasteiger partial charge in [0.1, 0.15) is 29.1 Å². The Morgan fingerprint density at radius 2 is 1.68 bits per heavy atom. The summed E-state index contributed by atoms with van der Waals surface area (Å²) in [7, 11) is 1.36. The van der Waals surface area contributed by atoms with Gasteiger partial charge in [0.25, 0.3) is 0 Å². The zero-order valence-electron chi connectivity index (χ0n) is 22.5. The van der Waals surface area contributed by atoms with Crippen LogP contribution in [-0.4, -0.2) is 23.2 Å². The Morgan fingerprint density at radius 3 is 2.39 bits per heavy atom. The Hall–Kier alpha value is -4.95. The molecule has 0 aliphatic carbocycles. The number of anilines is 1. The molecule has 0 spiro atoms. The van der Waals surface area contributed by atoms with E-state index < -0.39 is 0 Å². The first kappa shape index (κ1) is 26.3. The van der Waals surface area contributed by atoms with Crippen LogP contribution in [0.4, 0.5) is 5.69 Å². The number of pyridine rings is 1. The fourth-order valence-corrected chi connectivity index (χ4v) is 5.30. The molecule has 1 saturated heterocycles. The number of carbonyl (C=O) groups excluding carboxylic acids is 1. The minimum Gasteiger partial charge on any atom is -0.465 e. The number of carbonyl (C=O) groups is 1. The minimum atomic E-state index is -0.383. The van der Waals surface area contributed by atoms with E-state index in [2.05, 4.69) is 15.2 Å². The lowest BCUT2D eigenvalue weighted by Gasteiger charge is -2.26. The molecular weight excluding hydrogens is 534 g/mol. The number of nitrogens with one attached hydrogen (secondary N) is 1. The molecule has 1 fully saturated rings. The highest BCUT2D eigenvalue weighted by Gasteiger charge is 2.42. The minimum absolute atomic E-state index is 0.243. The summed E-state index contributed by atoms with van der Waals surface area (Å²) in [6.45, 7) is 2.02. The first-order valence-electron chi connectivity index (χ1n) is 13.1. The van der Waals surface area contributed by atoms with Gasteiger partial charge in [-0.15, -0.1) is 0 Å². The van der Waals surface area contributed by atoms with E-state index >= 15 is 0 Å². The molecule has 3 heterocycles. The van der Waals surface area contributed by atoms with Crippen LogP contribution in [0.5, 0.6) is 11.5 Å². The highest BCUT2D eigenvalue weighted by Crippen LogP contribution is 2.43. The number of hydrogen-bond donors (Lipinski definition) is 1. The monoisotopic (exact) mass is 561 g/mol. The molecule has 204 valence electrons. The van der Waals surface area contributed by atoms with Crippen molar-refractivity contribution in [1.29, 1.82) is 0 Å². The standard InChI is InChI=1S/C33H27N3O4S/c1-21-7-3-4-9-27(21)39-25-16-14-24(15-17-25)36-31(30(35-33(36)41)26-8-5-6-20-34-26)29-19-18-28(40-29)22-10-12-23(13-11-22)32(37)38-2/h3-20,30-31H,1-2H3,(H,35,41). The van der Waals surface area contributed by atoms with Gasteiger partial charge in [0.2, 0.25) is 0 Å². The number of aryl methyl sites for hydroxylation is 1. The number of esters is 1. The summed E-state index contributed by atoms with van der Waals surface area (Å²) >= 11 is 5.85. The third-order valence-electron chi connectivity index (χ3n) is 7.04. The molecule has 1 aliphatic rings. The van der Waals surface area contributed by atoms with Gasteiger partial charge in [-0.05, 0) is 91.4 Å². The summed E-state index contributed by atoms with van der Waals surface area (Å²) in [5.41, 5.74) is 4.12. The van der Waals surface area contributed by atoms with Crippen molar-refractivity contribution >= 4 is 29.0 Å². The molecule has 0 radical (unpaired) electrons. The first-order chi connectivity index (χ1) is 20.0. The van der Waals surface area contributed by atoms with E-state index in [0.29, 0.717) is 16.4 Å². The Bertz CT molecular complexity index is 1680. The molecule has 6 rings (SSSR count). The highest BCUT2D eigenvalue weighted by molar-refractivity contribution is 7.80. The summed E-state index contributed by atoms with van der Waals surface area (Å²) in [6.07, 6.45) is 1.77. The number of benzene rings is 3. The average Bonchev–Trinajstić information content (AvgIpc) is 3.63. The lowest BCUT2D eigenvalue weighted by Crippen LogP contribution is -2.29. The molecule has 41 heavy (non-hydrogen) atoms. The van der Waals surface area contributed by atoms with E-state index in [1.54, 1.807) is 18.3 Å². The summed E-state index contributed by atoms with van der Waals surface area (Å²) in [5.74, 6) is 2.56. The Balaban J connectivity index is 1.33. The molecule has 2 atom stereocenters. The van der Waals surface area contributed by atoms with Crippen LogP contribution in [-0.2, 0) is 4.74 Å². The predicted octanol–water partition coefficient (Wildman–Crippen LogP) is 7.41. The van der Waals surface area contributed by atoms with Gasteiger partial charge >= 0.3 is 5.97 Å². The summed E-state index contributed by atoms with van der Waals surface area (Å²) in [4.78, 5) is 18.5. The van der Waals surface area contributed by atoms with Crippen molar-refractivity contribution in [3.05, 3.63) is 132 Å². The van der Waals surface area contributed by atoms with Gasteiger partial charge in [0, 0.05) is 17.4 Å². The number of para-hydroxylation sites is 1. The van der Waals surface area contributed by atoms with Crippen LogP contribution in [0, 0.1) is 6.92 Å². The van der Waals surface area contributed by atoms with Crippen molar-refractivity contribution in [2.24, 2.45) is 0 Å². The van der Waals surface area contributed by atoms with Gasteiger partial charge in [0.05, 0.1) is 24.4 Å². The zero-order chi connectivity index (χ0) is 28.3. The lowest BCUT2D eigenvalue weighted by atomic mass is 10.0. The predicted molar refractivity (Wildman–Crippen MR) is 161 cm³/mol. The van der Waals surface area contributed by atoms with Gasteiger partial charge < -0.3 is 24.1 Å². The average molecular weight is 562 g/mol. The maximum atomic E-state index is 11.9. The largest absolute Gasteiger partial charge is 0.465 e. The van der Waals surface area contributed by atoms with E-state index in [1.807, 2.05) is 97.9 Å². The molecule has 1 aliphatic heterocycles. The van der Waals surface area contributed by atoms with Gasteiger partial charge in [-0.2, -0.15) is 0 Å². The Labute approximate surface area is 243 Å². The topological polar surface area (TPSA) is 76.8 Å². The van der Waals surface area contributed by atoms with Crippen molar-refractivity contribution in [2.45, 2.75) is 19.0 Å². The fourth-order valence-electron chi connectivity index (χ4n) is 4.95. The van der Waals surface area contributed by atoms with Gasteiger partial charge in [-0.1, -0.05) is 36.4 Å². The van der Waals surface area contributed by atoms with E-state index in [4.69, 9.17) is 26.1 Å². The number of hydrogen-bond acceptors (Lipinski definition) is 6. The second kappa shape index (κ2) is 11.3. The van der Waals surface area contributed by atoms with Crippen molar-refractivity contribution in [3.8, 4) is 22.8 Å². The number of aromatic nitrogens is 1. The van der Waals surface area contributed by atoms with Crippen LogP contribution >= 0.6 is 12.2 Å². The summed E-state index contributed by atoms with van der Waals surface area (Å²) in [6, 6.07) is 32.1. The normalized spacial score (nSPS) is 16.3. The summed E-state index contributed by atoms with van der Waals surface area (Å²) < 4.78 is 17.4. The zero-order valence-corrected chi connectivity index (χ0v) is 23.3. The number of thiocarbonyl (C=S) groups is 1. The van der Waals surface area contributed by atoms with Crippen LogP contribution in [0.1, 0.15) is 39.5 Å². The van der Waals surface area contributed by atoms with E-state index in [9.17, 15) is 4.79 Å². The smallest absolute Gasteiger partial charge is 0.337 e. The van der Waals surface area contributed by atoms with E-state index in [1.165, 1.54) is 7.11 Å². The van der Waals surface area contributed by atoms with Gasteiger partial charge in [-0.3, -0.25) is 4.98 Å². The molecule has 2 aromatic heterocycles. The Morgan fingerprint density at radius 1 is 0.927 bits per heavy atom. The molecular formula is C33H27N3O4S. The quantitative estimate of drug-likeness (QED) is 0.163. The van der Waals surface area contributed by atoms with Crippen LogP contribution in [0.2, 0.25) is 0 Å². The highest BCUT2D eigenvalue weighted by atomic mass is 32.1. The molecule has 7 nitrogen and oxygen atoms in total. The fraction of sp³-hybridized carbons (Fsp3) is 0.121. The van der Waals surface area contributed by atoms with Crippen molar-refractivity contribution in [3.63, 3.8) is 0 Å². The lowest BCUT2D eigenvalue weighted by molar-refractivity contribution is 0.0600. The molecule has 0 amide bonds. The van der Waals surface area contributed by atoms with Crippen molar-refractivity contribution < 1.29 is 18.7 Å². The van der Waals surface area contributed by atoms with Gasteiger partial charge in [-0.25, -0.2) is 4.79 Å². The Kier molecular flexibility index (Phi) is 7.22. The molecule has 0 bridgehead atoms. The van der Waals surface area contributed by atoms with E-state index in [0.717, 1.165) is 39.8 Å². The van der Waals surface area contributed by atoms with E-state index in [-0.39, 0.29) is 18.1 Å². The van der Waals surface area contributed by atoms with Crippen LogP contribution in [0.15, 0.2) is 114 Å². The van der Waals surface area contributed by atoms with Crippen LogP contribution in [0.25, 0.3) is 11.3 Å². The van der Waals surface area contributed by atoms with Crippen molar-refractivity contribution in [2.75, 3.05) is 12.0 Å². The number of nitrogens with zero attached hydrogens (tertiary/aromatic N) is 2. The third kappa shape index (κ3) is 5.29. The number of furan rings is 1. The first-order valence-corrected chi connectivity index (χ1v) is 13.6. The number of ether oxygens (including phenoxy) is 2.